The minimum Gasteiger partial charge on any atom is -0.481 e. The third-order valence-corrected chi connectivity index (χ3v) is 4.35. The summed E-state index contributed by atoms with van der Waals surface area (Å²) in [5, 5.41) is 17.6. The van der Waals surface area contributed by atoms with Crippen LogP contribution in [-0.4, -0.2) is 31.6 Å². The molecule has 1 heterocycles. The molecule has 0 atom stereocenters. The van der Waals surface area contributed by atoms with Crippen molar-refractivity contribution in [3.05, 3.63) is 27.1 Å². The van der Waals surface area contributed by atoms with Crippen molar-refractivity contribution >= 4 is 49.6 Å². The molecule has 0 amide bonds. The zero-order valence-electron chi connectivity index (χ0n) is 10.5. The number of rotatable bonds is 5. The number of hydrogen-bond acceptors (Lipinski definition) is 4. The molecule has 1 N–H and O–H groups in total. The minimum absolute atomic E-state index is 0.0275. The van der Waals surface area contributed by atoms with Crippen LogP contribution in [0.1, 0.15) is 6.92 Å². The summed E-state index contributed by atoms with van der Waals surface area (Å²) in [6.07, 6.45) is 0. The van der Waals surface area contributed by atoms with E-state index in [1.54, 1.807) is 0 Å². The summed E-state index contributed by atoms with van der Waals surface area (Å²) >= 11 is 8.06. The van der Waals surface area contributed by atoms with Gasteiger partial charge in [0.05, 0.1) is 5.75 Å². The van der Waals surface area contributed by atoms with E-state index in [9.17, 15) is 4.79 Å². The molecule has 0 aliphatic rings. The second-order valence-electron chi connectivity index (χ2n) is 3.89. The summed E-state index contributed by atoms with van der Waals surface area (Å²) in [5.41, 5.74) is 0.919. The summed E-state index contributed by atoms with van der Waals surface area (Å²) in [7, 11) is 0. The maximum Gasteiger partial charge on any atom is 0.313 e. The quantitative estimate of drug-likeness (QED) is 0.747. The number of carboxylic acids is 1. The van der Waals surface area contributed by atoms with Crippen molar-refractivity contribution in [2.24, 2.45) is 0 Å². The second kappa shape index (κ2) is 6.73. The minimum atomic E-state index is -0.868. The molecule has 0 saturated carbocycles. The van der Waals surface area contributed by atoms with Crippen LogP contribution in [0.25, 0.3) is 11.4 Å². The average Bonchev–Trinajstić information content (AvgIpc) is 2.77. The van der Waals surface area contributed by atoms with Crippen LogP contribution in [0.3, 0.4) is 0 Å². The van der Waals surface area contributed by atoms with Gasteiger partial charge in [0.15, 0.2) is 11.0 Å². The van der Waals surface area contributed by atoms with Gasteiger partial charge in [-0.25, -0.2) is 0 Å². The van der Waals surface area contributed by atoms with Crippen LogP contribution < -0.4 is 0 Å². The molecule has 0 fully saturated rings. The number of thioether (sulfide) groups is 1. The summed E-state index contributed by atoms with van der Waals surface area (Å²) in [4.78, 5) is 10.6. The lowest BCUT2D eigenvalue weighted by Gasteiger charge is -2.07. The Morgan fingerprint density at radius 2 is 1.95 bits per heavy atom. The van der Waals surface area contributed by atoms with Crippen molar-refractivity contribution in [2.75, 3.05) is 5.75 Å². The first kappa shape index (κ1) is 15.5. The van der Waals surface area contributed by atoms with Crippen molar-refractivity contribution in [3.8, 4) is 11.4 Å². The van der Waals surface area contributed by atoms with Crippen LogP contribution in [0, 0.1) is 0 Å². The molecule has 106 valence electrons. The molecule has 0 unspecified atom stereocenters. The average molecular weight is 421 g/mol. The summed E-state index contributed by atoms with van der Waals surface area (Å²) < 4.78 is 3.78. The van der Waals surface area contributed by atoms with Gasteiger partial charge in [-0.1, -0.05) is 43.6 Å². The van der Waals surface area contributed by atoms with E-state index in [4.69, 9.17) is 5.11 Å². The van der Waals surface area contributed by atoms with E-state index in [0.29, 0.717) is 11.7 Å². The number of carboxylic acid groups (broad SMARTS) is 1. The van der Waals surface area contributed by atoms with Gasteiger partial charge in [-0.2, -0.15) is 0 Å². The first-order chi connectivity index (χ1) is 9.51. The number of benzene rings is 1. The molecule has 1 aromatic heterocycles. The van der Waals surface area contributed by atoms with Crippen molar-refractivity contribution in [1.29, 1.82) is 0 Å². The third kappa shape index (κ3) is 3.62. The Morgan fingerprint density at radius 1 is 1.30 bits per heavy atom. The molecule has 1 aromatic carbocycles. The Bertz CT molecular complexity index is 625. The third-order valence-electron chi connectivity index (χ3n) is 2.48. The van der Waals surface area contributed by atoms with Crippen molar-refractivity contribution in [1.82, 2.24) is 14.8 Å². The Balaban J connectivity index is 2.39. The van der Waals surface area contributed by atoms with Crippen LogP contribution in [-0.2, 0) is 11.3 Å². The van der Waals surface area contributed by atoms with E-state index >= 15 is 0 Å². The largest absolute Gasteiger partial charge is 0.481 e. The zero-order chi connectivity index (χ0) is 14.7. The second-order valence-corrected chi connectivity index (χ2v) is 6.66. The Morgan fingerprint density at radius 3 is 2.50 bits per heavy atom. The fourth-order valence-corrected chi connectivity index (χ4v) is 3.72. The number of aromatic nitrogens is 3. The molecule has 0 spiro atoms. The van der Waals surface area contributed by atoms with Crippen molar-refractivity contribution in [2.45, 2.75) is 18.6 Å². The molecule has 8 heteroatoms. The van der Waals surface area contributed by atoms with Crippen LogP contribution in [0.5, 0.6) is 0 Å². The van der Waals surface area contributed by atoms with Gasteiger partial charge in [-0.15, -0.1) is 10.2 Å². The molecular formula is C12H11Br2N3O2S. The lowest BCUT2D eigenvalue weighted by Crippen LogP contribution is -2.03. The Kier molecular flexibility index (Phi) is 5.22. The van der Waals surface area contributed by atoms with Gasteiger partial charge < -0.3 is 9.67 Å². The van der Waals surface area contributed by atoms with E-state index in [1.165, 1.54) is 11.8 Å². The lowest BCUT2D eigenvalue weighted by molar-refractivity contribution is -0.133. The predicted octanol–water partition coefficient (Wildman–Crippen LogP) is 3.67. The Labute approximate surface area is 137 Å². The molecule has 2 aromatic rings. The molecule has 5 nitrogen and oxygen atoms in total. The monoisotopic (exact) mass is 419 g/mol. The standard InChI is InChI=1S/C12H11Br2N3O2S/c1-2-17-11(7-3-8(13)5-9(14)4-7)15-16-12(17)20-6-10(18)19/h3-5H,2,6H2,1H3,(H,18,19). The van der Waals surface area contributed by atoms with Crippen molar-refractivity contribution < 1.29 is 9.90 Å². The van der Waals surface area contributed by atoms with Crippen LogP contribution in [0.2, 0.25) is 0 Å². The smallest absolute Gasteiger partial charge is 0.313 e. The summed E-state index contributed by atoms with van der Waals surface area (Å²) in [6.45, 7) is 2.65. The van der Waals surface area contributed by atoms with E-state index in [2.05, 4.69) is 42.1 Å². The molecule has 0 aliphatic heterocycles. The van der Waals surface area contributed by atoms with Gasteiger partial charge in [-0.3, -0.25) is 4.79 Å². The van der Waals surface area contributed by atoms with E-state index < -0.39 is 5.97 Å². The number of nitrogens with zero attached hydrogens (tertiary/aromatic N) is 3. The highest BCUT2D eigenvalue weighted by Gasteiger charge is 2.15. The maximum absolute atomic E-state index is 10.6. The van der Waals surface area contributed by atoms with E-state index in [-0.39, 0.29) is 5.75 Å². The molecule has 0 saturated heterocycles. The van der Waals surface area contributed by atoms with Crippen LogP contribution in [0.4, 0.5) is 0 Å². The highest BCUT2D eigenvalue weighted by atomic mass is 79.9. The normalized spacial score (nSPS) is 10.8. The van der Waals surface area contributed by atoms with Gasteiger partial charge in [0.25, 0.3) is 0 Å². The fraction of sp³-hybridized carbons (Fsp3) is 0.250. The maximum atomic E-state index is 10.6. The highest BCUT2D eigenvalue weighted by Crippen LogP contribution is 2.29. The number of aliphatic carboxylic acids is 1. The van der Waals surface area contributed by atoms with Gasteiger partial charge in [0.1, 0.15) is 0 Å². The topological polar surface area (TPSA) is 68.0 Å². The number of halogens is 2. The SMILES string of the molecule is CCn1c(SCC(=O)O)nnc1-c1cc(Br)cc(Br)c1. The van der Waals surface area contributed by atoms with Gasteiger partial charge in [-0.05, 0) is 25.1 Å². The molecule has 0 bridgehead atoms. The van der Waals surface area contributed by atoms with Gasteiger partial charge in [0.2, 0.25) is 0 Å². The Hall–Kier alpha value is -0.860. The summed E-state index contributed by atoms with van der Waals surface area (Å²) in [6, 6.07) is 5.84. The molecule has 0 radical (unpaired) electrons. The molecule has 20 heavy (non-hydrogen) atoms. The fourth-order valence-electron chi connectivity index (χ4n) is 1.70. The van der Waals surface area contributed by atoms with E-state index in [0.717, 1.165) is 20.3 Å². The summed E-state index contributed by atoms with van der Waals surface area (Å²) in [5.74, 6) is -0.171. The van der Waals surface area contributed by atoms with Crippen LogP contribution in [0.15, 0.2) is 32.3 Å². The first-order valence-corrected chi connectivity index (χ1v) is 8.32. The molecule has 2 rings (SSSR count). The number of hydrogen-bond donors (Lipinski definition) is 1. The molecule has 0 aliphatic carbocycles. The predicted molar refractivity (Wildman–Crippen MR) is 84.9 cm³/mol. The van der Waals surface area contributed by atoms with E-state index in [1.807, 2.05) is 29.7 Å². The van der Waals surface area contributed by atoms with Gasteiger partial charge >= 0.3 is 5.97 Å². The highest BCUT2D eigenvalue weighted by molar-refractivity contribution is 9.11. The zero-order valence-corrected chi connectivity index (χ0v) is 14.5. The molecular weight excluding hydrogens is 410 g/mol. The first-order valence-electron chi connectivity index (χ1n) is 5.75. The van der Waals surface area contributed by atoms with Crippen LogP contribution >= 0.6 is 43.6 Å². The van der Waals surface area contributed by atoms with Crippen molar-refractivity contribution in [3.63, 3.8) is 0 Å². The van der Waals surface area contributed by atoms with Gasteiger partial charge in [0, 0.05) is 21.1 Å². The lowest BCUT2D eigenvalue weighted by atomic mass is 10.2. The number of carbonyl (C=O) groups is 1.